The van der Waals surface area contributed by atoms with Gasteiger partial charge in [0.15, 0.2) is 0 Å². The van der Waals surface area contributed by atoms with Crippen molar-refractivity contribution in [2.24, 2.45) is 5.92 Å². The van der Waals surface area contributed by atoms with E-state index in [0.29, 0.717) is 25.2 Å². The van der Waals surface area contributed by atoms with E-state index in [9.17, 15) is 13.2 Å². The van der Waals surface area contributed by atoms with Crippen LogP contribution in [0.2, 0.25) is 0 Å². The molecule has 0 aromatic heterocycles. The van der Waals surface area contributed by atoms with Gasteiger partial charge in [-0.1, -0.05) is 22.4 Å². The first-order valence-electron chi connectivity index (χ1n) is 9.05. The Morgan fingerprint density at radius 3 is 2.60 bits per heavy atom. The van der Waals surface area contributed by atoms with E-state index in [2.05, 4.69) is 15.9 Å². The number of carbonyl (C=O) groups excluding carboxylic acids is 1. The number of halogens is 1. The van der Waals surface area contributed by atoms with E-state index in [1.807, 2.05) is 13.0 Å². The highest BCUT2D eigenvalue weighted by atomic mass is 79.9. The quantitative estimate of drug-likeness (QED) is 0.744. The van der Waals surface area contributed by atoms with Gasteiger partial charge < -0.3 is 4.90 Å². The van der Waals surface area contributed by atoms with Gasteiger partial charge >= 0.3 is 0 Å². The lowest BCUT2D eigenvalue weighted by Crippen LogP contribution is -2.42. The van der Waals surface area contributed by atoms with Gasteiger partial charge in [0.25, 0.3) is 0 Å². The van der Waals surface area contributed by atoms with Crippen LogP contribution in [0.4, 0.5) is 5.69 Å². The van der Waals surface area contributed by atoms with Gasteiger partial charge in [-0.15, -0.1) is 0 Å². The molecule has 0 N–H and O–H groups in total. The smallest absolute Gasteiger partial charge is 0.245 e. The largest absolute Gasteiger partial charge is 0.310 e. The topological polar surface area (TPSA) is 57.7 Å². The van der Waals surface area contributed by atoms with Crippen LogP contribution in [0.25, 0.3) is 0 Å². The highest BCUT2D eigenvalue weighted by Crippen LogP contribution is 2.42. The lowest BCUT2D eigenvalue weighted by Gasteiger charge is -2.33. The number of anilines is 1. The summed E-state index contributed by atoms with van der Waals surface area (Å²) in [5.74, 6) is 0.170. The van der Waals surface area contributed by atoms with Crippen LogP contribution in [-0.4, -0.2) is 37.8 Å². The van der Waals surface area contributed by atoms with Gasteiger partial charge in [0.05, 0.1) is 5.69 Å². The fourth-order valence-electron chi connectivity index (χ4n) is 3.99. The van der Waals surface area contributed by atoms with Crippen LogP contribution in [-0.2, 0) is 21.2 Å². The molecular formula is C18H23BrN2O3S. The lowest BCUT2D eigenvalue weighted by atomic mass is 10.1. The zero-order valence-corrected chi connectivity index (χ0v) is 16.8. The minimum absolute atomic E-state index is 0.00219. The number of fused-ring (bicyclic) bond motifs is 1. The summed E-state index contributed by atoms with van der Waals surface area (Å²) in [5.41, 5.74) is 1.57. The van der Waals surface area contributed by atoms with Crippen molar-refractivity contribution in [3.8, 4) is 0 Å². The molecule has 1 aliphatic carbocycles. The number of rotatable bonds is 3. The fourth-order valence-corrected chi connectivity index (χ4v) is 6.61. The van der Waals surface area contributed by atoms with Gasteiger partial charge in [-0.05, 0) is 56.7 Å². The maximum atomic E-state index is 13.4. The number of piperidine rings is 1. The molecule has 5 nitrogen and oxygen atoms in total. The Hall–Kier alpha value is -0.920. The number of carbonyl (C=O) groups is 1. The van der Waals surface area contributed by atoms with Crippen molar-refractivity contribution in [2.45, 2.75) is 56.4 Å². The number of sulfonamides is 1. The van der Waals surface area contributed by atoms with Gasteiger partial charge in [-0.2, -0.15) is 4.31 Å². The van der Waals surface area contributed by atoms with E-state index in [0.717, 1.165) is 42.1 Å². The minimum atomic E-state index is -3.62. The van der Waals surface area contributed by atoms with Gasteiger partial charge in [0.1, 0.15) is 4.90 Å². The number of benzene rings is 1. The fraction of sp³-hybridized carbons (Fsp3) is 0.611. The molecule has 1 atom stereocenters. The van der Waals surface area contributed by atoms with Crippen LogP contribution in [0.5, 0.6) is 0 Å². The molecule has 0 spiro atoms. The SMILES string of the molecule is C[C@H]1CCCCN1S(=O)(=O)c1cc(Br)cc2c1N(C(=O)C1CC1)CC2. The van der Waals surface area contributed by atoms with E-state index < -0.39 is 10.0 Å². The summed E-state index contributed by atoms with van der Waals surface area (Å²) < 4.78 is 29.2. The van der Waals surface area contributed by atoms with Crippen LogP contribution < -0.4 is 4.90 Å². The van der Waals surface area contributed by atoms with Gasteiger partial charge in [0, 0.05) is 29.5 Å². The molecule has 2 fully saturated rings. The molecule has 0 bridgehead atoms. The summed E-state index contributed by atoms with van der Waals surface area (Å²) in [4.78, 5) is 14.7. The van der Waals surface area contributed by atoms with Crippen molar-refractivity contribution >= 4 is 37.5 Å². The van der Waals surface area contributed by atoms with E-state index >= 15 is 0 Å². The molecule has 1 saturated carbocycles. The number of hydrogen-bond acceptors (Lipinski definition) is 3. The Morgan fingerprint density at radius 2 is 1.92 bits per heavy atom. The summed E-state index contributed by atoms with van der Waals surface area (Å²) in [6, 6.07) is 3.63. The first-order valence-corrected chi connectivity index (χ1v) is 11.3. The Morgan fingerprint density at radius 1 is 1.16 bits per heavy atom. The second-order valence-corrected chi connectivity index (χ2v) is 10.2. The van der Waals surface area contributed by atoms with Crippen molar-refractivity contribution in [3.63, 3.8) is 0 Å². The standard InChI is InChI=1S/C18H23BrN2O3S/c1-12-4-2-3-8-21(12)25(23,24)16-11-15(19)10-14-7-9-20(17(14)16)18(22)13-5-6-13/h10-13H,2-9H2,1H3/t12-/m0/s1. The van der Waals surface area contributed by atoms with Gasteiger partial charge in [-0.25, -0.2) is 8.42 Å². The second-order valence-electron chi connectivity index (χ2n) is 7.39. The molecule has 1 saturated heterocycles. The molecule has 136 valence electrons. The number of hydrogen-bond donors (Lipinski definition) is 0. The maximum Gasteiger partial charge on any atom is 0.245 e. The average molecular weight is 427 g/mol. The molecule has 1 aromatic carbocycles. The van der Waals surface area contributed by atoms with Crippen LogP contribution in [0, 0.1) is 5.92 Å². The molecular weight excluding hydrogens is 404 g/mol. The third-order valence-electron chi connectivity index (χ3n) is 5.51. The first kappa shape index (κ1) is 17.5. The molecule has 2 heterocycles. The summed E-state index contributed by atoms with van der Waals surface area (Å²) in [7, 11) is -3.62. The lowest BCUT2D eigenvalue weighted by molar-refractivity contribution is -0.119. The van der Waals surface area contributed by atoms with Crippen molar-refractivity contribution in [1.29, 1.82) is 0 Å². The molecule has 3 aliphatic rings. The normalized spacial score (nSPS) is 24.4. The predicted molar refractivity (Wildman–Crippen MR) is 100 cm³/mol. The van der Waals surface area contributed by atoms with Gasteiger partial charge in [-0.3, -0.25) is 4.79 Å². The summed E-state index contributed by atoms with van der Waals surface area (Å²) in [6.07, 6.45) is 5.41. The van der Waals surface area contributed by atoms with E-state index in [4.69, 9.17) is 0 Å². The summed E-state index contributed by atoms with van der Waals surface area (Å²) in [6.45, 7) is 3.11. The van der Waals surface area contributed by atoms with E-state index in [1.54, 1.807) is 15.3 Å². The van der Waals surface area contributed by atoms with Crippen LogP contribution >= 0.6 is 15.9 Å². The monoisotopic (exact) mass is 426 g/mol. The Balaban J connectivity index is 1.80. The van der Waals surface area contributed by atoms with Crippen molar-refractivity contribution in [3.05, 3.63) is 22.2 Å². The zero-order valence-electron chi connectivity index (χ0n) is 14.4. The van der Waals surface area contributed by atoms with Crippen molar-refractivity contribution in [1.82, 2.24) is 4.31 Å². The average Bonchev–Trinajstić information content (AvgIpc) is 3.34. The molecule has 0 unspecified atom stereocenters. The third-order valence-corrected chi connectivity index (χ3v) is 8.00. The second kappa shape index (κ2) is 6.35. The summed E-state index contributed by atoms with van der Waals surface area (Å²) >= 11 is 3.46. The molecule has 1 aromatic rings. The van der Waals surface area contributed by atoms with Crippen molar-refractivity contribution in [2.75, 3.05) is 18.0 Å². The van der Waals surface area contributed by atoms with Crippen LogP contribution in [0.1, 0.15) is 44.6 Å². The molecule has 2 aliphatic heterocycles. The van der Waals surface area contributed by atoms with Crippen LogP contribution in [0.3, 0.4) is 0 Å². The molecule has 7 heteroatoms. The molecule has 0 radical (unpaired) electrons. The van der Waals surface area contributed by atoms with Gasteiger partial charge in [0.2, 0.25) is 15.9 Å². The first-order chi connectivity index (χ1) is 11.9. The highest BCUT2D eigenvalue weighted by molar-refractivity contribution is 9.10. The number of amides is 1. The molecule has 1 amide bonds. The molecule has 4 rings (SSSR count). The minimum Gasteiger partial charge on any atom is -0.310 e. The molecule has 25 heavy (non-hydrogen) atoms. The Bertz CT molecular complexity index is 820. The predicted octanol–water partition coefficient (Wildman–Crippen LogP) is 3.31. The van der Waals surface area contributed by atoms with E-state index in [1.165, 1.54) is 0 Å². The number of nitrogens with zero attached hydrogens (tertiary/aromatic N) is 2. The van der Waals surface area contributed by atoms with E-state index in [-0.39, 0.29) is 22.8 Å². The third kappa shape index (κ3) is 3.04. The van der Waals surface area contributed by atoms with Crippen LogP contribution in [0.15, 0.2) is 21.5 Å². The Labute approximate surface area is 157 Å². The summed E-state index contributed by atoms with van der Waals surface area (Å²) in [5, 5.41) is 0. The maximum absolute atomic E-state index is 13.4. The Kier molecular flexibility index (Phi) is 4.45. The van der Waals surface area contributed by atoms with Crippen molar-refractivity contribution < 1.29 is 13.2 Å². The zero-order chi connectivity index (χ0) is 17.8. The highest BCUT2D eigenvalue weighted by Gasteiger charge is 2.41.